The second kappa shape index (κ2) is 6.16. The molecule has 0 aliphatic carbocycles. The molecule has 2 aromatic rings. The van der Waals surface area contributed by atoms with Crippen molar-refractivity contribution in [2.45, 2.75) is 20.0 Å². The van der Waals surface area contributed by atoms with Crippen LogP contribution >= 0.6 is 0 Å². The molecule has 0 amide bonds. The first kappa shape index (κ1) is 13.3. The summed E-state index contributed by atoms with van der Waals surface area (Å²) in [5.41, 5.74) is 1.36. The maximum absolute atomic E-state index is 11.8. The van der Waals surface area contributed by atoms with Gasteiger partial charge in [-0.3, -0.25) is 4.79 Å². The number of hydrogen-bond acceptors (Lipinski definition) is 3. The van der Waals surface area contributed by atoms with E-state index in [4.69, 9.17) is 9.84 Å². The first-order chi connectivity index (χ1) is 9.24. The van der Waals surface area contributed by atoms with Gasteiger partial charge in [0.05, 0.1) is 12.2 Å². The molecule has 0 heterocycles. The van der Waals surface area contributed by atoms with Crippen LogP contribution < -0.4 is 4.74 Å². The SMILES string of the molecule is CCC(=O)c1ccccc1Oc1cccc(CO)c1. The third kappa shape index (κ3) is 3.20. The standard InChI is InChI=1S/C16H16O3/c1-2-15(18)14-8-3-4-9-16(14)19-13-7-5-6-12(10-13)11-17/h3-10,17H,2,11H2,1H3. The van der Waals surface area contributed by atoms with E-state index in [9.17, 15) is 4.79 Å². The number of carbonyl (C=O) groups excluding carboxylic acids is 1. The van der Waals surface area contributed by atoms with Crippen LogP contribution in [-0.2, 0) is 6.61 Å². The van der Waals surface area contributed by atoms with Gasteiger partial charge in [0.15, 0.2) is 5.78 Å². The highest BCUT2D eigenvalue weighted by atomic mass is 16.5. The van der Waals surface area contributed by atoms with Crippen LogP contribution in [0.3, 0.4) is 0 Å². The van der Waals surface area contributed by atoms with Crippen LogP contribution in [-0.4, -0.2) is 10.9 Å². The Balaban J connectivity index is 2.30. The minimum atomic E-state index is -0.0350. The van der Waals surface area contributed by atoms with Gasteiger partial charge in [-0.2, -0.15) is 0 Å². The van der Waals surface area contributed by atoms with Crippen molar-refractivity contribution in [1.82, 2.24) is 0 Å². The summed E-state index contributed by atoms with van der Waals surface area (Å²) in [6.07, 6.45) is 0.442. The molecule has 0 aliphatic rings. The fourth-order valence-corrected chi connectivity index (χ4v) is 1.81. The van der Waals surface area contributed by atoms with Gasteiger partial charge in [0.2, 0.25) is 0 Å². The topological polar surface area (TPSA) is 46.5 Å². The fourth-order valence-electron chi connectivity index (χ4n) is 1.81. The largest absolute Gasteiger partial charge is 0.457 e. The number of hydrogen-bond donors (Lipinski definition) is 1. The Labute approximate surface area is 112 Å². The van der Waals surface area contributed by atoms with Crippen molar-refractivity contribution in [2.24, 2.45) is 0 Å². The number of benzene rings is 2. The normalized spacial score (nSPS) is 10.2. The predicted molar refractivity (Wildman–Crippen MR) is 73.5 cm³/mol. The summed E-state index contributed by atoms with van der Waals surface area (Å²) in [5, 5.41) is 9.10. The van der Waals surface area contributed by atoms with E-state index < -0.39 is 0 Å². The van der Waals surface area contributed by atoms with Crippen molar-refractivity contribution in [3.8, 4) is 11.5 Å². The van der Waals surface area contributed by atoms with Crippen molar-refractivity contribution in [1.29, 1.82) is 0 Å². The minimum absolute atomic E-state index is 0.0350. The van der Waals surface area contributed by atoms with Gasteiger partial charge >= 0.3 is 0 Å². The number of Topliss-reactive ketones (excluding diaryl/α,β-unsaturated/α-hetero) is 1. The molecular weight excluding hydrogens is 240 g/mol. The van der Waals surface area contributed by atoms with Crippen LogP contribution in [0.2, 0.25) is 0 Å². The Kier molecular flexibility index (Phi) is 4.31. The molecular formula is C16H16O3. The lowest BCUT2D eigenvalue weighted by molar-refractivity contribution is 0.0986. The zero-order chi connectivity index (χ0) is 13.7. The summed E-state index contributed by atoms with van der Waals surface area (Å²) >= 11 is 0. The van der Waals surface area contributed by atoms with Crippen molar-refractivity contribution in [3.05, 3.63) is 59.7 Å². The highest BCUT2D eigenvalue weighted by Gasteiger charge is 2.10. The zero-order valence-electron chi connectivity index (χ0n) is 10.8. The maximum Gasteiger partial charge on any atom is 0.166 e. The average molecular weight is 256 g/mol. The second-order valence-electron chi connectivity index (χ2n) is 4.18. The van der Waals surface area contributed by atoms with Gasteiger partial charge in [-0.05, 0) is 29.8 Å². The Morgan fingerprint density at radius 2 is 1.95 bits per heavy atom. The molecule has 0 radical (unpaired) electrons. The van der Waals surface area contributed by atoms with Crippen LogP contribution in [0.4, 0.5) is 0 Å². The molecule has 3 nitrogen and oxygen atoms in total. The van der Waals surface area contributed by atoms with Gasteiger partial charge in [-0.15, -0.1) is 0 Å². The molecule has 0 aromatic heterocycles. The fraction of sp³-hybridized carbons (Fsp3) is 0.188. The Bertz CT molecular complexity index is 576. The quantitative estimate of drug-likeness (QED) is 0.832. The van der Waals surface area contributed by atoms with E-state index in [1.165, 1.54) is 0 Å². The summed E-state index contributed by atoms with van der Waals surface area (Å²) in [4.78, 5) is 11.8. The Hall–Kier alpha value is -2.13. The highest BCUT2D eigenvalue weighted by molar-refractivity contribution is 5.98. The lowest BCUT2D eigenvalue weighted by Crippen LogP contribution is -1.99. The molecule has 3 heteroatoms. The summed E-state index contributed by atoms with van der Waals surface area (Å²) in [7, 11) is 0. The van der Waals surface area contributed by atoms with Gasteiger partial charge in [-0.1, -0.05) is 31.2 Å². The summed E-state index contributed by atoms with van der Waals surface area (Å²) in [6, 6.07) is 14.4. The molecule has 0 fully saturated rings. The number of ketones is 1. The number of para-hydroxylation sites is 1. The van der Waals surface area contributed by atoms with Crippen LogP contribution in [0, 0.1) is 0 Å². The molecule has 0 atom stereocenters. The van der Waals surface area contributed by atoms with Gasteiger partial charge in [0, 0.05) is 6.42 Å². The van der Waals surface area contributed by atoms with E-state index >= 15 is 0 Å². The van der Waals surface area contributed by atoms with Crippen LogP contribution in [0.25, 0.3) is 0 Å². The van der Waals surface area contributed by atoms with Crippen LogP contribution in [0.15, 0.2) is 48.5 Å². The van der Waals surface area contributed by atoms with Crippen molar-refractivity contribution in [3.63, 3.8) is 0 Å². The highest BCUT2D eigenvalue weighted by Crippen LogP contribution is 2.26. The molecule has 0 spiro atoms. The monoisotopic (exact) mass is 256 g/mol. The van der Waals surface area contributed by atoms with E-state index in [0.717, 1.165) is 5.56 Å². The third-order valence-corrected chi connectivity index (χ3v) is 2.82. The summed E-state index contributed by atoms with van der Waals surface area (Å²) in [6.45, 7) is 1.79. The smallest absolute Gasteiger partial charge is 0.166 e. The summed E-state index contributed by atoms with van der Waals surface area (Å²) in [5.74, 6) is 1.21. The van der Waals surface area contributed by atoms with E-state index in [0.29, 0.717) is 23.5 Å². The number of ether oxygens (including phenoxy) is 1. The van der Waals surface area contributed by atoms with Crippen molar-refractivity contribution < 1.29 is 14.6 Å². The van der Waals surface area contributed by atoms with Crippen molar-refractivity contribution in [2.75, 3.05) is 0 Å². The van der Waals surface area contributed by atoms with Crippen LogP contribution in [0.1, 0.15) is 29.3 Å². The van der Waals surface area contributed by atoms with E-state index in [1.807, 2.05) is 31.2 Å². The lowest BCUT2D eigenvalue weighted by atomic mass is 10.1. The molecule has 1 N–H and O–H groups in total. The molecule has 0 saturated heterocycles. The van der Waals surface area contributed by atoms with E-state index in [2.05, 4.69) is 0 Å². The maximum atomic E-state index is 11.8. The zero-order valence-corrected chi connectivity index (χ0v) is 10.8. The third-order valence-electron chi connectivity index (χ3n) is 2.82. The first-order valence-corrected chi connectivity index (χ1v) is 6.24. The van der Waals surface area contributed by atoms with Gasteiger partial charge in [0.1, 0.15) is 11.5 Å². The van der Waals surface area contributed by atoms with Crippen molar-refractivity contribution >= 4 is 5.78 Å². The lowest BCUT2D eigenvalue weighted by Gasteiger charge is -2.10. The molecule has 0 bridgehead atoms. The number of rotatable bonds is 5. The van der Waals surface area contributed by atoms with E-state index in [1.54, 1.807) is 24.3 Å². The molecule has 2 rings (SSSR count). The summed E-state index contributed by atoms with van der Waals surface area (Å²) < 4.78 is 5.74. The number of aliphatic hydroxyl groups excluding tert-OH is 1. The Morgan fingerprint density at radius 3 is 2.68 bits per heavy atom. The number of carbonyl (C=O) groups is 1. The molecule has 0 saturated carbocycles. The van der Waals surface area contributed by atoms with Gasteiger partial charge < -0.3 is 9.84 Å². The van der Waals surface area contributed by atoms with Gasteiger partial charge in [-0.25, -0.2) is 0 Å². The molecule has 2 aromatic carbocycles. The van der Waals surface area contributed by atoms with E-state index in [-0.39, 0.29) is 12.4 Å². The van der Waals surface area contributed by atoms with Gasteiger partial charge in [0.25, 0.3) is 0 Å². The number of aliphatic hydroxyl groups is 1. The minimum Gasteiger partial charge on any atom is -0.457 e. The molecule has 98 valence electrons. The molecule has 19 heavy (non-hydrogen) atoms. The molecule has 0 unspecified atom stereocenters. The predicted octanol–water partition coefficient (Wildman–Crippen LogP) is 3.56. The first-order valence-electron chi connectivity index (χ1n) is 6.24. The Morgan fingerprint density at radius 1 is 1.16 bits per heavy atom. The van der Waals surface area contributed by atoms with Crippen LogP contribution in [0.5, 0.6) is 11.5 Å². The second-order valence-corrected chi connectivity index (χ2v) is 4.18. The average Bonchev–Trinajstić information content (AvgIpc) is 2.47. The molecule has 0 aliphatic heterocycles.